The molecule has 2 fully saturated rings. The first-order valence-corrected chi connectivity index (χ1v) is 9.46. The number of halogens is 2. The van der Waals surface area contributed by atoms with Crippen molar-refractivity contribution >= 4 is 24.8 Å². The molecular weight excluding hydrogens is 385 g/mol. The van der Waals surface area contributed by atoms with Crippen LogP contribution in [0.5, 0.6) is 0 Å². The molecule has 27 heavy (non-hydrogen) atoms. The fourth-order valence-electron chi connectivity index (χ4n) is 4.29. The number of nitrogens with one attached hydrogen (secondary N) is 2. The first-order valence-electron chi connectivity index (χ1n) is 9.46. The molecule has 8 heteroatoms. The van der Waals surface area contributed by atoms with E-state index in [0.29, 0.717) is 23.2 Å². The lowest BCUT2D eigenvalue weighted by Gasteiger charge is -2.43. The lowest BCUT2D eigenvalue weighted by Crippen LogP contribution is -2.43. The van der Waals surface area contributed by atoms with Crippen LogP contribution in [0.3, 0.4) is 0 Å². The maximum Gasteiger partial charge on any atom is 0.243 e. The molecule has 2 aromatic heterocycles. The van der Waals surface area contributed by atoms with Gasteiger partial charge in [0.15, 0.2) is 0 Å². The predicted octanol–water partition coefficient (Wildman–Crippen LogP) is 3.94. The molecule has 150 valence electrons. The molecule has 2 aliphatic rings. The molecule has 0 radical (unpaired) electrons. The second-order valence-electron chi connectivity index (χ2n) is 7.58. The van der Waals surface area contributed by atoms with Crippen molar-refractivity contribution in [1.29, 1.82) is 0 Å². The van der Waals surface area contributed by atoms with Gasteiger partial charge in [0.05, 0.1) is 6.04 Å². The number of rotatable bonds is 4. The van der Waals surface area contributed by atoms with E-state index in [2.05, 4.69) is 32.7 Å². The van der Waals surface area contributed by atoms with Gasteiger partial charge < -0.3 is 15.2 Å². The first-order chi connectivity index (χ1) is 12.2. The predicted molar refractivity (Wildman–Crippen MR) is 110 cm³/mol. The zero-order chi connectivity index (χ0) is 17.1. The van der Waals surface area contributed by atoms with Crippen molar-refractivity contribution in [3.8, 4) is 11.5 Å². The second kappa shape index (κ2) is 9.82. The molecule has 0 aromatic carbocycles. The summed E-state index contributed by atoms with van der Waals surface area (Å²) in [6.07, 6.45) is 9.58. The number of hydrogen-bond acceptors (Lipinski definition) is 6. The van der Waals surface area contributed by atoms with Crippen LogP contribution < -0.4 is 10.6 Å². The summed E-state index contributed by atoms with van der Waals surface area (Å²) in [4.78, 5) is 8.79. The van der Waals surface area contributed by atoms with E-state index < -0.39 is 0 Å². The van der Waals surface area contributed by atoms with Crippen LogP contribution in [0.2, 0.25) is 0 Å². The third kappa shape index (κ3) is 5.19. The molecule has 0 bridgehead atoms. The van der Waals surface area contributed by atoms with Crippen LogP contribution in [0.15, 0.2) is 28.9 Å². The number of aromatic nitrogens is 3. The van der Waals surface area contributed by atoms with Gasteiger partial charge in [-0.25, -0.2) is 0 Å². The van der Waals surface area contributed by atoms with E-state index in [9.17, 15) is 0 Å². The van der Waals surface area contributed by atoms with Gasteiger partial charge in [0.25, 0.3) is 0 Å². The molecule has 0 amide bonds. The van der Waals surface area contributed by atoms with Crippen molar-refractivity contribution in [3.63, 3.8) is 0 Å². The smallest absolute Gasteiger partial charge is 0.243 e. The van der Waals surface area contributed by atoms with Crippen molar-refractivity contribution < 1.29 is 4.52 Å². The maximum atomic E-state index is 5.46. The summed E-state index contributed by atoms with van der Waals surface area (Å²) in [7, 11) is 0. The van der Waals surface area contributed by atoms with Crippen LogP contribution in [0.1, 0.15) is 57.4 Å². The molecule has 1 aliphatic carbocycles. The normalized spacial score (nSPS) is 20.5. The molecule has 1 saturated heterocycles. The topological polar surface area (TPSA) is 75.9 Å². The van der Waals surface area contributed by atoms with E-state index in [-0.39, 0.29) is 30.9 Å². The van der Waals surface area contributed by atoms with Crippen LogP contribution in [0.4, 0.5) is 0 Å². The van der Waals surface area contributed by atoms with Gasteiger partial charge in [0, 0.05) is 12.2 Å². The lowest BCUT2D eigenvalue weighted by molar-refractivity contribution is 0.111. The average molecular weight is 414 g/mol. The molecule has 2 aromatic rings. The Hall–Kier alpha value is -1.21. The second-order valence-corrected chi connectivity index (χ2v) is 7.58. The fraction of sp³-hybridized carbons (Fsp3) is 0.632. The zero-order valence-electron chi connectivity index (χ0n) is 15.7. The largest absolute Gasteiger partial charge is 0.337 e. The fourth-order valence-corrected chi connectivity index (χ4v) is 4.29. The highest BCUT2D eigenvalue weighted by molar-refractivity contribution is 5.85. The van der Waals surface area contributed by atoms with E-state index in [0.717, 1.165) is 5.69 Å². The van der Waals surface area contributed by atoms with Crippen LogP contribution in [-0.2, 0) is 0 Å². The summed E-state index contributed by atoms with van der Waals surface area (Å²) in [6.45, 7) is 4.48. The average Bonchev–Trinajstić information content (AvgIpc) is 3.16. The summed E-state index contributed by atoms with van der Waals surface area (Å²) in [5.74, 6) is 1.20. The highest BCUT2D eigenvalue weighted by atomic mass is 35.5. The van der Waals surface area contributed by atoms with E-state index in [4.69, 9.17) is 4.52 Å². The monoisotopic (exact) mass is 413 g/mol. The molecule has 1 spiro atoms. The van der Waals surface area contributed by atoms with Gasteiger partial charge in [-0.05, 0) is 76.1 Å². The van der Waals surface area contributed by atoms with Crippen molar-refractivity contribution in [2.75, 3.05) is 13.1 Å². The summed E-state index contributed by atoms with van der Waals surface area (Å²) in [5.41, 5.74) is 1.35. The van der Waals surface area contributed by atoms with Crippen molar-refractivity contribution in [3.05, 3.63) is 30.3 Å². The summed E-state index contributed by atoms with van der Waals surface area (Å²) in [5, 5.41) is 11.3. The quantitative estimate of drug-likeness (QED) is 0.790. The van der Waals surface area contributed by atoms with E-state index in [1.54, 1.807) is 6.20 Å². The summed E-state index contributed by atoms with van der Waals surface area (Å²) >= 11 is 0. The Kier molecular flexibility index (Phi) is 8.04. The zero-order valence-corrected chi connectivity index (χ0v) is 17.3. The minimum absolute atomic E-state index is 0. The summed E-state index contributed by atoms with van der Waals surface area (Å²) < 4.78 is 5.46. The van der Waals surface area contributed by atoms with Crippen LogP contribution in [0.25, 0.3) is 11.5 Å². The Balaban J connectivity index is 0.00000131. The van der Waals surface area contributed by atoms with Crippen LogP contribution in [-0.4, -0.2) is 34.3 Å². The van der Waals surface area contributed by atoms with Gasteiger partial charge in [0.1, 0.15) is 5.69 Å². The number of piperidine rings is 1. The van der Waals surface area contributed by atoms with E-state index in [1.807, 2.05) is 18.2 Å². The van der Waals surface area contributed by atoms with Crippen molar-refractivity contribution in [2.24, 2.45) is 5.41 Å². The van der Waals surface area contributed by atoms with E-state index >= 15 is 0 Å². The Labute approximate surface area is 173 Å². The lowest BCUT2D eigenvalue weighted by atomic mass is 9.67. The summed E-state index contributed by atoms with van der Waals surface area (Å²) in [6, 6.07) is 6.32. The van der Waals surface area contributed by atoms with Gasteiger partial charge >= 0.3 is 0 Å². The molecule has 6 nitrogen and oxygen atoms in total. The number of hydrogen-bond donors (Lipinski definition) is 2. The van der Waals surface area contributed by atoms with E-state index in [1.165, 1.54) is 51.6 Å². The van der Waals surface area contributed by atoms with Gasteiger partial charge in [0.2, 0.25) is 11.7 Å². The van der Waals surface area contributed by atoms with Gasteiger partial charge in [-0.1, -0.05) is 11.2 Å². The highest BCUT2D eigenvalue weighted by Gasteiger charge is 2.36. The molecule has 2 N–H and O–H groups in total. The SMILES string of the molecule is CC(NC1CCC2(CCNCC2)CC1)c1nc(-c2ccccn2)no1.Cl.Cl. The third-order valence-corrected chi connectivity index (χ3v) is 5.90. The molecule has 3 heterocycles. The molecule has 4 rings (SSSR count). The van der Waals surface area contributed by atoms with Gasteiger partial charge in [-0.2, -0.15) is 4.98 Å². The molecular formula is C19H29Cl2N5O. The highest BCUT2D eigenvalue weighted by Crippen LogP contribution is 2.43. The standard InChI is InChI=1S/C19H27N5O.2ClH/c1-14(18-23-17(24-25-18)16-4-2-3-11-21-16)22-15-5-7-19(8-6-15)9-12-20-13-10-19;;/h2-4,11,14-15,20,22H,5-10,12-13H2,1H3;2*1H. The third-order valence-electron chi connectivity index (χ3n) is 5.90. The molecule has 1 aliphatic heterocycles. The van der Waals surface area contributed by atoms with Gasteiger partial charge in [-0.3, -0.25) is 4.98 Å². The molecule has 1 unspecified atom stereocenters. The van der Waals surface area contributed by atoms with Crippen LogP contribution in [0, 0.1) is 5.41 Å². The first kappa shape index (κ1) is 22.1. The van der Waals surface area contributed by atoms with Gasteiger partial charge in [-0.15, -0.1) is 24.8 Å². The Morgan fingerprint density at radius 1 is 1.15 bits per heavy atom. The molecule has 1 saturated carbocycles. The minimum atomic E-state index is 0. The Bertz CT molecular complexity index is 680. The Morgan fingerprint density at radius 2 is 1.89 bits per heavy atom. The van der Waals surface area contributed by atoms with Crippen molar-refractivity contribution in [2.45, 2.75) is 57.5 Å². The van der Waals surface area contributed by atoms with Crippen molar-refractivity contribution in [1.82, 2.24) is 25.8 Å². The number of pyridine rings is 1. The minimum Gasteiger partial charge on any atom is -0.337 e. The van der Waals surface area contributed by atoms with Crippen LogP contribution >= 0.6 is 24.8 Å². The maximum absolute atomic E-state index is 5.46. The molecule has 1 atom stereocenters. The number of nitrogens with zero attached hydrogens (tertiary/aromatic N) is 3. The Morgan fingerprint density at radius 3 is 2.56 bits per heavy atom.